The number of aromatic nitrogens is 2. The van der Waals surface area contributed by atoms with Gasteiger partial charge in [0.2, 0.25) is 0 Å². The van der Waals surface area contributed by atoms with Crippen LogP contribution >= 0.6 is 0 Å². The van der Waals surface area contributed by atoms with E-state index in [1.54, 1.807) is 11.5 Å². The number of rotatable bonds is 5. The van der Waals surface area contributed by atoms with Crippen molar-refractivity contribution in [3.63, 3.8) is 0 Å². The normalized spacial score (nSPS) is 25.2. The zero-order valence-corrected chi connectivity index (χ0v) is 10.9. The molecule has 1 fully saturated rings. The monoisotopic (exact) mass is 281 g/mol. The molecule has 1 N–H and O–H groups in total. The lowest BCUT2D eigenvalue weighted by atomic mass is 10.1. The number of azide groups is 1. The second kappa shape index (κ2) is 6.38. The van der Waals surface area contributed by atoms with Crippen molar-refractivity contribution in [1.82, 2.24) is 9.55 Å². The Morgan fingerprint density at radius 2 is 2.55 bits per heavy atom. The highest BCUT2D eigenvalue weighted by molar-refractivity contribution is 5.02. The molecule has 0 amide bonds. The van der Waals surface area contributed by atoms with Crippen LogP contribution in [0.4, 0.5) is 0 Å². The fraction of sp³-hybridized carbons (Fsp3) is 0.636. The highest BCUT2D eigenvalue weighted by Gasteiger charge is 2.36. The van der Waals surface area contributed by atoms with Crippen molar-refractivity contribution in [2.24, 2.45) is 5.11 Å². The van der Waals surface area contributed by atoms with Gasteiger partial charge in [0.05, 0.1) is 25.4 Å². The summed E-state index contributed by atoms with van der Waals surface area (Å²) in [4.78, 5) is 17.8. The highest BCUT2D eigenvalue weighted by Crippen LogP contribution is 2.32. The lowest BCUT2D eigenvalue weighted by Crippen LogP contribution is -2.23. The van der Waals surface area contributed by atoms with Gasteiger partial charge in [0.25, 0.3) is 5.56 Å². The van der Waals surface area contributed by atoms with Gasteiger partial charge in [0.15, 0.2) is 0 Å². The molecule has 1 aliphatic rings. The van der Waals surface area contributed by atoms with Gasteiger partial charge in [-0.15, -0.1) is 0 Å². The molecule has 0 aliphatic carbocycles. The van der Waals surface area contributed by atoms with Crippen LogP contribution in [0, 0.1) is 0 Å². The molecule has 0 bridgehead atoms. The fourth-order valence-electron chi connectivity index (χ4n) is 2.09. The standard InChI is InChI=1S/C11H15N5O4/c1-2-19-11-13-9(18)3-4-16(11)10-5-7(14-15-12)8(6-17)20-10/h3-4,7-8,10,17H,2,5-6H2,1H3/t7-,8+,10+/m0/s1. The fourth-order valence-corrected chi connectivity index (χ4v) is 2.09. The predicted molar refractivity (Wildman–Crippen MR) is 68.2 cm³/mol. The third kappa shape index (κ3) is 2.90. The van der Waals surface area contributed by atoms with Crippen molar-refractivity contribution in [2.45, 2.75) is 31.7 Å². The van der Waals surface area contributed by atoms with Gasteiger partial charge in [0.1, 0.15) is 6.23 Å². The van der Waals surface area contributed by atoms with E-state index in [1.807, 2.05) is 0 Å². The number of aliphatic hydroxyl groups excluding tert-OH is 1. The third-order valence-electron chi connectivity index (χ3n) is 2.97. The van der Waals surface area contributed by atoms with Gasteiger partial charge < -0.3 is 14.6 Å². The van der Waals surface area contributed by atoms with Crippen molar-refractivity contribution in [3.05, 3.63) is 33.1 Å². The van der Waals surface area contributed by atoms with E-state index >= 15 is 0 Å². The van der Waals surface area contributed by atoms with E-state index in [4.69, 9.17) is 15.0 Å². The van der Waals surface area contributed by atoms with Crippen LogP contribution in [0.2, 0.25) is 0 Å². The van der Waals surface area contributed by atoms with Crippen LogP contribution in [0.15, 0.2) is 22.2 Å². The minimum absolute atomic E-state index is 0.142. The Hall–Kier alpha value is -2.09. The number of aliphatic hydroxyl groups is 1. The largest absolute Gasteiger partial charge is 0.465 e. The molecule has 1 saturated heterocycles. The Morgan fingerprint density at radius 1 is 1.75 bits per heavy atom. The van der Waals surface area contributed by atoms with Crippen LogP contribution in [0.3, 0.4) is 0 Å². The number of hydrogen-bond donors (Lipinski definition) is 1. The van der Waals surface area contributed by atoms with Crippen LogP contribution in [0.25, 0.3) is 10.4 Å². The van der Waals surface area contributed by atoms with E-state index in [-0.39, 0.29) is 12.6 Å². The quantitative estimate of drug-likeness (QED) is 0.481. The summed E-state index contributed by atoms with van der Waals surface area (Å²) < 4.78 is 12.5. The lowest BCUT2D eigenvalue weighted by Gasteiger charge is -2.18. The van der Waals surface area contributed by atoms with Gasteiger partial charge in [-0.1, -0.05) is 5.11 Å². The SMILES string of the molecule is CCOc1nc(=O)ccn1[C@H]1C[C@H](N=[N+]=[N-])[C@@H](CO)O1. The van der Waals surface area contributed by atoms with E-state index in [0.717, 1.165) is 0 Å². The Kier molecular flexibility index (Phi) is 4.57. The number of ether oxygens (including phenoxy) is 2. The molecule has 9 heteroatoms. The topological polar surface area (TPSA) is 122 Å². The molecular formula is C11H15N5O4. The van der Waals surface area contributed by atoms with Crippen molar-refractivity contribution < 1.29 is 14.6 Å². The average Bonchev–Trinajstić information content (AvgIpc) is 2.83. The molecule has 9 nitrogen and oxygen atoms in total. The number of nitrogens with zero attached hydrogens (tertiary/aromatic N) is 5. The van der Waals surface area contributed by atoms with Crippen molar-refractivity contribution >= 4 is 0 Å². The van der Waals surface area contributed by atoms with E-state index in [1.165, 1.54) is 12.3 Å². The Bertz CT molecular complexity index is 568. The van der Waals surface area contributed by atoms with E-state index in [0.29, 0.717) is 13.0 Å². The zero-order chi connectivity index (χ0) is 14.5. The summed E-state index contributed by atoms with van der Waals surface area (Å²) in [6.45, 7) is 1.88. The molecule has 0 aromatic carbocycles. The third-order valence-corrected chi connectivity index (χ3v) is 2.97. The molecule has 2 rings (SSSR count). The van der Waals surface area contributed by atoms with Gasteiger partial charge in [-0.05, 0) is 12.5 Å². The molecule has 0 spiro atoms. The van der Waals surface area contributed by atoms with Crippen molar-refractivity contribution in [1.29, 1.82) is 0 Å². The molecule has 0 unspecified atom stereocenters. The first-order chi connectivity index (χ1) is 9.69. The Balaban J connectivity index is 2.28. The van der Waals surface area contributed by atoms with Gasteiger partial charge in [-0.3, -0.25) is 9.36 Å². The van der Waals surface area contributed by atoms with Crippen molar-refractivity contribution in [3.8, 4) is 6.01 Å². The second-order valence-corrected chi connectivity index (χ2v) is 4.21. The van der Waals surface area contributed by atoms with Gasteiger partial charge in [-0.2, -0.15) is 4.98 Å². The maximum Gasteiger partial charge on any atom is 0.301 e. The summed E-state index contributed by atoms with van der Waals surface area (Å²) in [5, 5.41) is 12.8. The first-order valence-electron chi connectivity index (χ1n) is 6.22. The molecule has 3 atom stereocenters. The van der Waals surface area contributed by atoms with E-state index in [9.17, 15) is 9.90 Å². The highest BCUT2D eigenvalue weighted by atomic mass is 16.5. The van der Waals surface area contributed by atoms with Crippen LogP contribution in [-0.2, 0) is 4.74 Å². The first kappa shape index (κ1) is 14.3. The van der Waals surface area contributed by atoms with Gasteiger partial charge in [0, 0.05) is 23.6 Å². The van der Waals surface area contributed by atoms with Crippen LogP contribution in [-0.4, -0.2) is 40.0 Å². The smallest absolute Gasteiger partial charge is 0.301 e. The Labute approximate surface area is 114 Å². The molecular weight excluding hydrogens is 266 g/mol. The maximum atomic E-state index is 11.3. The molecule has 1 aliphatic heterocycles. The molecule has 1 aromatic rings. The van der Waals surface area contributed by atoms with Crippen LogP contribution in [0.1, 0.15) is 19.6 Å². The second-order valence-electron chi connectivity index (χ2n) is 4.21. The van der Waals surface area contributed by atoms with Crippen LogP contribution in [0.5, 0.6) is 6.01 Å². The Morgan fingerprint density at radius 3 is 3.20 bits per heavy atom. The zero-order valence-electron chi connectivity index (χ0n) is 10.9. The minimum atomic E-state index is -0.579. The van der Waals surface area contributed by atoms with E-state index < -0.39 is 23.9 Å². The maximum absolute atomic E-state index is 11.3. The summed E-state index contributed by atoms with van der Waals surface area (Å²) in [6, 6.07) is 0.966. The minimum Gasteiger partial charge on any atom is -0.465 e. The molecule has 0 radical (unpaired) electrons. The number of hydrogen-bond acceptors (Lipinski definition) is 6. The van der Waals surface area contributed by atoms with Gasteiger partial charge in [-0.25, -0.2) is 0 Å². The van der Waals surface area contributed by atoms with Gasteiger partial charge >= 0.3 is 6.01 Å². The average molecular weight is 281 g/mol. The van der Waals surface area contributed by atoms with E-state index in [2.05, 4.69) is 15.0 Å². The predicted octanol–water partition coefficient (Wildman–Crippen LogP) is 0.601. The van der Waals surface area contributed by atoms with Crippen molar-refractivity contribution in [2.75, 3.05) is 13.2 Å². The molecule has 2 heterocycles. The molecule has 1 aromatic heterocycles. The van der Waals surface area contributed by atoms with Crippen LogP contribution < -0.4 is 10.3 Å². The molecule has 108 valence electrons. The molecule has 20 heavy (non-hydrogen) atoms. The summed E-state index contributed by atoms with van der Waals surface area (Å²) in [7, 11) is 0. The summed E-state index contributed by atoms with van der Waals surface area (Å²) in [5.74, 6) is 0. The lowest BCUT2D eigenvalue weighted by molar-refractivity contribution is -0.0292. The summed E-state index contributed by atoms with van der Waals surface area (Å²) in [6.07, 6.45) is 0.805. The summed E-state index contributed by atoms with van der Waals surface area (Å²) in [5.41, 5.74) is 8.10. The summed E-state index contributed by atoms with van der Waals surface area (Å²) >= 11 is 0. The molecule has 0 saturated carbocycles. The first-order valence-corrected chi connectivity index (χ1v) is 6.22.